The van der Waals surface area contributed by atoms with Crippen LogP contribution in [0.5, 0.6) is 11.5 Å². The highest BCUT2D eigenvalue weighted by molar-refractivity contribution is 7.80. The number of ether oxygens (including phenoxy) is 2. The largest absolute Gasteiger partial charge is 0.497 e. The molecule has 0 unspecified atom stereocenters. The number of rotatable bonds is 5. The Morgan fingerprint density at radius 3 is 2.39 bits per heavy atom. The van der Waals surface area contributed by atoms with Crippen LogP contribution in [0.3, 0.4) is 0 Å². The van der Waals surface area contributed by atoms with Crippen LogP contribution in [0, 0.1) is 13.8 Å². The first-order chi connectivity index (χ1) is 13.5. The molecule has 0 spiro atoms. The predicted molar refractivity (Wildman–Crippen MR) is 114 cm³/mol. The zero-order chi connectivity index (χ0) is 20.1. The highest BCUT2D eigenvalue weighted by Gasteiger charge is 2.22. The van der Waals surface area contributed by atoms with Crippen LogP contribution in [0.1, 0.15) is 24.2 Å². The number of aryl methyl sites for hydroxylation is 2. The summed E-state index contributed by atoms with van der Waals surface area (Å²) in [6, 6.07) is 7.64. The van der Waals surface area contributed by atoms with Crippen molar-refractivity contribution in [1.29, 1.82) is 0 Å². The van der Waals surface area contributed by atoms with E-state index in [1.54, 1.807) is 14.2 Å². The van der Waals surface area contributed by atoms with Gasteiger partial charge in [0.2, 0.25) is 11.9 Å². The fourth-order valence-electron chi connectivity index (χ4n) is 2.54. The Bertz CT molecular complexity index is 878. The standard InChI is InChI=1S/C19H24N6O2S/c1-11-9-12(2)21-17(20-11)24-18(22-13-5-6-13)25-19(28)23-15-10-14(26-3)7-8-16(15)27-4/h7-10,13H,5-6H2,1-4H3,(H3,20,21,22,23,24,25,28). The summed E-state index contributed by atoms with van der Waals surface area (Å²) in [6.45, 7) is 3.85. The molecule has 3 rings (SSSR count). The number of anilines is 2. The molecule has 0 amide bonds. The van der Waals surface area contributed by atoms with Crippen molar-refractivity contribution < 1.29 is 9.47 Å². The summed E-state index contributed by atoms with van der Waals surface area (Å²) in [6.07, 6.45) is 2.12. The summed E-state index contributed by atoms with van der Waals surface area (Å²) in [4.78, 5) is 13.4. The van der Waals surface area contributed by atoms with Gasteiger partial charge in [-0.05, 0) is 57.1 Å². The van der Waals surface area contributed by atoms with Crippen molar-refractivity contribution in [2.24, 2.45) is 4.99 Å². The van der Waals surface area contributed by atoms with E-state index in [4.69, 9.17) is 21.7 Å². The zero-order valence-electron chi connectivity index (χ0n) is 16.4. The smallest absolute Gasteiger partial charge is 0.229 e. The normalized spacial score (nSPS) is 13.6. The van der Waals surface area contributed by atoms with E-state index in [1.807, 2.05) is 38.1 Å². The van der Waals surface area contributed by atoms with Crippen molar-refractivity contribution in [3.05, 3.63) is 35.7 Å². The summed E-state index contributed by atoms with van der Waals surface area (Å²) in [5.41, 5.74) is 2.44. The Morgan fingerprint density at radius 2 is 1.79 bits per heavy atom. The van der Waals surface area contributed by atoms with Gasteiger partial charge in [-0.25, -0.2) is 15.0 Å². The van der Waals surface area contributed by atoms with Gasteiger partial charge in [-0.15, -0.1) is 0 Å². The van der Waals surface area contributed by atoms with Crippen LogP contribution in [-0.2, 0) is 0 Å². The first-order valence-corrected chi connectivity index (χ1v) is 9.35. The molecule has 1 heterocycles. The van der Waals surface area contributed by atoms with Crippen molar-refractivity contribution >= 4 is 34.9 Å². The van der Waals surface area contributed by atoms with E-state index in [-0.39, 0.29) is 6.04 Å². The molecule has 1 saturated carbocycles. The molecule has 9 heteroatoms. The van der Waals surface area contributed by atoms with Crippen LogP contribution in [0.2, 0.25) is 0 Å². The number of nitrogens with zero attached hydrogens (tertiary/aromatic N) is 3. The predicted octanol–water partition coefficient (Wildman–Crippen LogP) is 3.03. The van der Waals surface area contributed by atoms with E-state index in [1.165, 1.54) is 0 Å². The van der Waals surface area contributed by atoms with Crippen molar-refractivity contribution in [2.45, 2.75) is 32.7 Å². The second kappa shape index (κ2) is 8.83. The third-order valence-corrected chi connectivity index (χ3v) is 4.16. The molecule has 0 atom stereocenters. The Labute approximate surface area is 169 Å². The van der Waals surface area contributed by atoms with E-state index < -0.39 is 0 Å². The lowest BCUT2D eigenvalue weighted by Gasteiger charge is -2.16. The quantitative estimate of drug-likeness (QED) is 0.401. The zero-order valence-corrected chi connectivity index (χ0v) is 17.2. The number of guanidine groups is 1. The summed E-state index contributed by atoms with van der Waals surface area (Å²) in [7, 11) is 3.21. The number of methoxy groups -OCH3 is 2. The molecule has 0 saturated heterocycles. The summed E-state index contributed by atoms with van der Waals surface area (Å²) >= 11 is 5.46. The Balaban J connectivity index is 1.73. The van der Waals surface area contributed by atoms with Crippen LogP contribution in [-0.4, -0.2) is 41.3 Å². The maximum absolute atomic E-state index is 5.46. The van der Waals surface area contributed by atoms with Crippen LogP contribution in [0.4, 0.5) is 11.6 Å². The van der Waals surface area contributed by atoms with E-state index in [9.17, 15) is 0 Å². The molecule has 0 bridgehead atoms. The lowest BCUT2D eigenvalue weighted by atomic mass is 10.2. The van der Waals surface area contributed by atoms with Crippen molar-refractivity contribution in [3.8, 4) is 11.5 Å². The number of thiocarbonyl (C=S) groups is 1. The van der Waals surface area contributed by atoms with Gasteiger partial charge in [0.25, 0.3) is 0 Å². The maximum Gasteiger partial charge on any atom is 0.229 e. The SMILES string of the molecule is COc1ccc(OC)c(NC(=S)NC(=NC2CC2)Nc2nc(C)cc(C)n2)c1. The van der Waals surface area contributed by atoms with E-state index in [0.29, 0.717) is 34.2 Å². The van der Waals surface area contributed by atoms with Crippen molar-refractivity contribution in [2.75, 3.05) is 24.9 Å². The Hall–Kier alpha value is -2.94. The number of aliphatic imine (C=N–C) groups is 1. The van der Waals surface area contributed by atoms with Gasteiger partial charge < -0.3 is 20.1 Å². The fourth-order valence-corrected chi connectivity index (χ4v) is 2.75. The second-order valence-corrected chi connectivity index (χ2v) is 6.86. The van der Waals surface area contributed by atoms with Gasteiger partial charge in [0.1, 0.15) is 11.5 Å². The van der Waals surface area contributed by atoms with Gasteiger partial charge in [-0.1, -0.05) is 0 Å². The van der Waals surface area contributed by atoms with Gasteiger partial charge >= 0.3 is 0 Å². The fraction of sp³-hybridized carbons (Fsp3) is 0.368. The summed E-state index contributed by atoms with van der Waals surface area (Å²) in [5.74, 6) is 2.33. The molecule has 0 aliphatic heterocycles. The van der Waals surface area contributed by atoms with Crippen LogP contribution in [0.15, 0.2) is 29.3 Å². The number of hydrogen-bond donors (Lipinski definition) is 3. The first-order valence-electron chi connectivity index (χ1n) is 8.94. The third kappa shape index (κ3) is 5.53. The molecule has 3 N–H and O–H groups in total. The van der Waals surface area contributed by atoms with Crippen LogP contribution < -0.4 is 25.4 Å². The molecule has 1 aliphatic rings. The van der Waals surface area contributed by atoms with Gasteiger partial charge in [-0.3, -0.25) is 5.32 Å². The minimum Gasteiger partial charge on any atom is -0.497 e. The molecule has 1 aromatic heterocycles. The van der Waals surface area contributed by atoms with Crippen molar-refractivity contribution in [1.82, 2.24) is 15.3 Å². The summed E-state index contributed by atoms with van der Waals surface area (Å²) in [5, 5.41) is 9.72. The van der Waals surface area contributed by atoms with Gasteiger partial charge in [0.15, 0.2) is 5.11 Å². The van der Waals surface area contributed by atoms with Gasteiger partial charge in [-0.2, -0.15) is 0 Å². The molecular weight excluding hydrogens is 376 g/mol. The van der Waals surface area contributed by atoms with Crippen LogP contribution in [0.25, 0.3) is 0 Å². The molecule has 1 aliphatic carbocycles. The van der Waals surface area contributed by atoms with E-state index in [2.05, 4.69) is 30.9 Å². The minimum absolute atomic E-state index is 0.287. The molecule has 0 radical (unpaired) electrons. The second-order valence-electron chi connectivity index (χ2n) is 6.45. The average molecular weight is 401 g/mol. The number of nitrogens with one attached hydrogen (secondary N) is 3. The van der Waals surface area contributed by atoms with Gasteiger partial charge in [0, 0.05) is 17.5 Å². The molecule has 1 fully saturated rings. The minimum atomic E-state index is 0.287. The van der Waals surface area contributed by atoms with Gasteiger partial charge in [0.05, 0.1) is 25.9 Å². The van der Waals surface area contributed by atoms with Crippen LogP contribution >= 0.6 is 12.2 Å². The number of hydrogen-bond acceptors (Lipinski definition) is 6. The number of aromatic nitrogens is 2. The maximum atomic E-state index is 5.46. The Kier molecular flexibility index (Phi) is 6.25. The van der Waals surface area contributed by atoms with E-state index in [0.717, 1.165) is 24.2 Å². The topological polar surface area (TPSA) is 92.7 Å². The number of benzene rings is 1. The monoisotopic (exact) mass is 400 g/mol. The molecule has 148 valence electrons. The lowest BCUT2D eigenvalue weighted by molar-refractivity contribution is 0.405. The summed E-state index contributed by atoms with van der Waals surface area (Å²) < 4.78 is 10.6. The van der Waals surface area contributed by atoms with Crippen molar-refractivity contribution in [3.63, 3.8) is 0 Å². The molecule has 2 aromatic rings. The average Bonchev–Trinajstić information content (AvgIpc) is 3.44. The first kappa shape index (κ1) is 19.8. The highest BCUT2D eigenvalue weighted by atomic mass is 32.1. The van der Waals surface area contributed by atoms with E-state index >= 15 is 0 Å². The third-order valence-electron chi connectivity index (χ3n) is 3.96. The Morgan fingerprint density at radius 1 is 1.07 bits per heavy atom. The lowest BCUT2D eigenvalue weighted by Crippen LogP contribution is -2.39. The molecule has 1 aromatic carbocycles. The molecule has 28 heavy (non-hydrogen) atoms. The highest BCUT2D eigenvalue weighted by Crippen LogP contribution is 2.29. The molecular formula is C19H24N6O2S. The molecule has 8 nitrogen and oxygen atoms in total.